The van der Waals surface area contributed by atoms with Crippen LogP contribution in [0.25, 0.3) is 0 Å². The fourth-order valence-electron chi connectivity index (χ4n) is 1.61. The molecule has 1 aliphatic carbocycles. The Morgan fingerprint density at radius 1 is 1.21 bits per heavy atom. The second-order valence-corrected chi connectivity index (χ2v) is 3.43. The lowest BCUT2D eigenvalue weighted by atomic mass is 10.0. The van der Waals surface area contributed by atoms with E-state index in [0.29, 0.717) is 6.54 Å². The van der Waals surface area contributed by atoms with Crippen molar-refractivity contribution in [1.29, 1.82) is 0 Å². The van der Waals surface area contributed by atoms with Crippen molar-refractivity contribution in [1.82, 2.24) is 4.90 Å². The molecule has 3 nitrogen and oxygen atoms in total. The Bertz CT molecular complexity index is 334. The first kappa shape index (κ1) is 8.94. The number of rotatable bonds is 2. The summed E-state index contributed by atoms with van der Waals surface area (Å²) in [4.78, 5) is 23.8. The number of allylic oxidation sites excluding steroid dienone is 3. The molecule has 0 radical (unpaired) electrons. The number of carbonyl (C=O) groups excluding carboxylic acids is 2. The van der Waals surface area contributed by atoms with Gasteiger partial charge in [0.25, 0.3) is 11.8 Å². The van der Waals surface area contributed by atoms with Crippen molar-refractivity contribution in [2.24, 2.45) is 5.92 Å². The van der Waals surface area contributed by atoms with Crippen molar-refractivity contribution >= 4 is 11.8 Å². The molecule has 0 fully saturated rings. The lowest BCUT2D eigenvalue weighted by Crippen LogP contribution is -2.34. The van der Waals surface area contributed by atoms with Crippen LogP contribution in [0.2, 0.25) is 0 Å². The van der Waals surface area contributed by atoms with E-state index in [1.54, 1.807) is 0 Å². The summed E-state index contributed by atoms with van der Waals surface area (Å²) in [6.07, 6.45) is 11.5. The van der Waals surface area contributed by atoms with E-state index < -0.39 is 0 Å². The SMILES string of the molecule is O=C1C=CC(=O)N1CC1C=CC=CC1. The molecular weight excluding hydrogens is 178 g/mol. The van der Waals surface area contributed by atoms with Crippen LogP contribution in [0.4, 0.5) is 0 Å². The van der Waals surface area contributed by atoms with E-state index in [1.807, 2.05) is 24.3 Å². The number of amides is 2. The zero-order valence-electron chi connectivity index (χ0n) is 7.72. The van der Waals surface area contributed by atoms with E-state index in [2.05, 4.69) is 0 Å². The standard InChI is InChI=1S/C11H11NO2/c13-10-6-7-11(14)12(10)8-9-4-2-1-3-5-9/h1-4,6-7,9H,5,8H2. The first-order valence-corrected chi connectivity index (χ1v) is 4.64. The minimum Gasteiger partial charge on any atom is -0.275 e. The van der Waals surface area contributed by atoms with Crippen LogP contribution in [0.15, 0.2) is 36.5 Å². The third-order valence-electron chi connectivity index (χ3n) is 2.39. The lowest BCUT2D eigenvalue weighted by Gasteiger charge is -2.19. The van der Waals surface area contributed by atoms with Crippen LogP contribution in [-0.4, -0.2) is 23.3 Å². The van der Waals surface area contributed by atoms with Gasteiger partial charge in [-0.05, 0) is 12.3 Å². The van der Waals surface area contributed by atoms with Gasteiger partial charge in [-0.1, -0.05) is 24.3 Å². The largest absolute Gasteiger partial charge is 0.275 e. The van der Waals surface area contributed by atoms with Gasteiger partial charge in [-0.25, -0.2) is 0 Å². The maximum atomic E-state index is 11.2. The molecule has 0 bridgehead atoms. The van der Waals surface area contributed by atoms with E-state index in [9.17, 15) is 9.59 Å². The molecule has 1 unspecified atom stereocenters. The van der Waals surface area contributed by atoms with Crippen LogP contribution in [-0.2, 0) is 9.59 Å². The number of hydrogen-bond donors (Lipinski definition) is 0. The Labute approximate surface area is 82.4 Å². The van der Waals surface area contributed by atoms with E-state index in [0.717, 1.165) is 6.42 Å². The second-order valence-electron chi connectivity index (χ2n) is 3.43. The van der Waals surface area contributed by atoms with Crippen LogP contribution in [0.5, 0.6) is 0 Å². The number of hydrogen-bond acceptors (Lipinski definition) is 2. The monoisotopic (exact) mass is 189 g/mol. The van der Waals surface area contributed by atoms with Gasteiger partial charge >= 0.3 is 0 Å². The van der Waals surface area contributed by atoms with E-state index >= 15 is 0 Å². The normalized spacial score (nSPS) is 25.1. The second kappa shape index (κ2) is 3.62. The molecule has 0 saturated heterocycles. The van der Waals surface area contributed by atoms with E-state index in [1.165, 1.54) is 17.1 Å². The van der Waals surface area contributed by atoms with Crippen LogP contribution in [0.1, 0.15) is 6.42 Å². The van der Waals surface area contributed by atoms with Crippen molar-refractivity contribution in [3.63, 3.8) is 0 Å². The zero-order chi connectivity index (χ0) is 9.97. The summed E-state index contributed by atoms with van der Waals surface area (Å²) in [5.74, 6) is -0.122. The van der Waals surface area contributed by atoms with Gasteiger partial charge in [0.05, 0.1) is 0 Å². The quantitative estimate of drug-likeness (QED) is 0.609. The molecule has 1 heterocycles. The molecule has 72 valence electrons. The van der Waals surface area contributed by atoms with Crippen LogP contribution in [0.3, 0.4) is 0 Å². The summed E-state index contributed by atoms with van der Waals surface area (Å²) in [7, 11) is 0. The molecule has 2 amide bonds. The average Bonchev–Trinajstić information content (AvgIpc) is 2.51. The molecule has 2 rings (SSSR count). The smallest absolute Gasteiger partial charge is 0.253 e. The molecule has 0 aromatic carbocycles. The average molecular weight is 189 g/mol. The summed E-state index contributed by atoms with van der Waals surface area (Å²) in [5, 5.41) is 0. The van der Waals surface area contributed by atoms with Crippen molar-refractivity contribution in [2.75, 3.05) is 6.54 Å². The Morgan fingerprint density at radius 3 is 2.50 bits per heavy atom. The summed E-state index contributed by atoms with van der Waals surface area (Å²) < 4.78 is 0. The molecule has 0 N–H and O–H groups in total. The molecule has 0 aromatic heterocycles. The predicted octanol–water partition coefficient (Wildman–Crippen LogP) is 1.04. The first-order valence-electron chi connectivity index (χ1n) is 4.64. The summed E-state index contributed by atoms with van der Waals surface area (Å²) in [6.45, 7) is 0.492. The minimum absolute atomic E-state index is 0.196. The van der Waals surface area contributed by atoms with Gasteiger partial charge in [0, 0.05) is 18.7 Å². The summed E-state index contributed by atoms with van der Waals surface area (Å²) >= 11 is 0. The van der Waals surface area contributed by atoms with Gasteiger partial charge in [-0.2, -0.15) is 0 Å². The van der Waals surface area contributed by atoms with E-state index in [-0.39, 0.29) is 17.7 Å². The highest BCUT2D eigenvalue weighted by Gasteiger charge is 2.25. The summed E-state index contributed by atoms with van der Waals surface area (Å²) in [6, 6.07) is 0. The van der Waals surface area contributed by atoms with Crippen molar-refractivity contribution in [2.45, 2.75) is 6.42 Å². The molecule has 1 aliphatic heterocycles. The van der Waals surface area contributed by atoms with Crippen molar-refractivity contribution < 1.29 is 9.59 Å². The molecule has 0 aromatic rings. The molecular formula is C11H11NO2. The Kier molecular flexibility index (Phi) is 2.31. The maximum absolute atomic E-state index is 11.2. The molecule has 0 spiro atoms. The maximum Gasteiger partial charge on any atom is 0.253 e. The minimum atomic E-state index is -0.196. The number of carbonyl (C=O) groups is 2. The topological polar surface area (TPSA) is 37.4 Å². The fraction of sp³-hybridized carbons (Fsp3) is 0.273. The van der Waals surface area contributed by atoms with Crippen LogP contribution in [0, 0.1) is 5.92 Å². The molecule has 1 atom stereocenters. The Balaban J connectivity index is 1.98. The van der Waals surface area contributed by atoms with Gasteiger partial charge in [0.1, 0.15) is 0 Å². The highest BCUT2D eigenvalue weighted by Crippen LogP contribution is 2.15. The third-order valence-corrected chi connectivity index (χ3v) is 2.39. The van der Waals surface area contributed by atoms with E-state index in [4.69, 9.17) is 0 Å². The van der Waals surface area contributed by atoms with Gasteiger partial charge < -0.3 is 0 Å². The van der Waals surface area contributed by atoms with Gasteiger partial charge in [0.2, 0.25) is 0 Å². The number of nitrogens with zero attached hydrogens (tertiary/aromatic N) is 1. The number of imide groups is 1. The molecule has 0 saturated carbocycles. The Morgan fingerprint density at radius 2 is 1.93 bits per heavy atom. The highest BCUT2D eigenvalue weighted by atomic mass is 16.2. The molecule has 3 heteroatoms. The highest BCUT2D eigenvalue weighted by molar-refractivity contribution is 6.12. The van der Waals surface area contributed by atoms with Gasteiger partial charge in [-0.3, -0.25) is 14.5 Å². The molecule has 2 aliphatic rings. The zero-order valence-corrected chi connectivity index (χ0v) is 7.72. The van der Waals surface area contributed by atoms with Crippen molar-refractivity contribution in [3.05, 3.63) is 36.5 Å². The third kappa shape index (κ3) is 1.66. The summed E-state index contributed by atoms with van der Waals surface area (Å²) in [5.41, 5.74) is 0. The van der Waals surface area contributed by atoms with Crippen LogP contribution < -0.4 is 0 Å². The lowest BCUT2D eigenvalue weighted by molar-refractivity contribution is -0.137. The molecule has 14 heavy (non-hydrogen) atoms. The van der Waals surface area contributed by atoms with Gasteiger partial charge in [-0.15, -0.1) is 0 Å². The fourth-order valence-corrected chi connectivity index (χ4v) is 1.61. The first-order chi connectivity index (χ1) is 6.77. The van der Waals surface area contributed by atoms with Gasteiger partial charge in [0.15, 0.2) is 0 Å². The predicted molar refractivity (Wildman–Crippen MR) is 52.2 cm³/mol. The Hall–Kier alpha value is -1.64. The van der Waals surface area contributed by atoms with Crippen LogP contribution >= 0.6 is 0 Å². The van der Waals surface area contributed by atoms with Crippen molar-refractivity contribution in [3.8, 4) is 0 Å².